The van der Waals surface area contributed by atoms with Gasteiger partial charge in [0.15, 0.2) is 11.6 Å². The first kappa shape index (κ1) is 25.1. The van der Waals surface area contributed by atoms with Gasteiger partial charge in [-0.05, 0) is 49.2 Å². The molecule has 1 aliphatic heterocycles. The summed E-state index contributed by atoms with van der Waals surface area (Å²) in [6.07, 6.45) is 2.59. The lowest BCUT2D eigenvalue weighted by molar-refractivity contribution is -0.142. The average molecular weight is 507 g/mol. The molecule has 3 aromatic rings. The summed E-state index contributed by atoms with van der Waals surface area (Å²) in [7, 11) is -3.68. The smallest absolute Gasteiger partial charge is 0.243 e. The van der Waals surface area contributed by atoms with Gasteiger partial charge in [-0.15, -0.1) is 0 Å². The summed E-state index contributed by atoms with van der Waals surface area (Å²) in [5, 5.41) is 0.718. The van der Waals surface area contributed by atoms with Crippen LogP contribution in [0.2, 0.25) is 0 Å². The number of rotatable bonds is 8. The lowest BCUT2D eigenvalue weighted by atomic mass is 9.86. The van der Waals surface area contributed by atoms with Crippen molar-refractivity contribution < 1.29 is 31.1 Å². The maximum atomic E-state index is 13.3. The molecule has 0 spiro atoms. The van der Waals surface area contributed by atoms with E-state index < -0.39 is 27.1 Å². The van der Waals surface area contributed by atoms with Crippen LogP contribution in [-0.2, 0) is 14.8 Å². The molecule has 188 valence electrons. The Balaban J connectivity index is 1.29. The Bertz CT molecular complexity index is 1310. The molecule has 0 unspecified atom stereocenters. The third-order valence-electron chi connectivity index (χ3n) is 6.27. The van der Waals surface area contributed by atoms with E-state index in [-0.39, 0.29) is 36.2 Å². The normalized spacial score (nSPS) is 15.5. The summed E-state index contributed by atoms with van der Waals surface area (Å²) < 4.78 is 64.6. The molecule has 0 atom stereocenters. The zero-order valence-corrected chi connectivity index (χ0v) is 20.5. The van der Waals surface area contributed by atoms with Crippen LogP contribution in [0.25, 0.3) is 11.0 Å². The highest BCUT2D eigenvalue weighted by atomic mass is 32.2. The molecule has 10 heteroatoms. The van der Waals surface area contributed by atoms with Crippen molar-refractivity contribution in [3.8, 4) is 5.75 Å². The van der Waals surface area contributed by atoms with Crippen LogP contribution in [0.15, 0.2) is 58.0 Å². The van der Waals surface area contributed by atoms with E-state index in [1.807, 2.05) is 13.8 Å². The van der Waals surface area contributed by atoms with Crippen LogP contribution in [0, 0.1) is 17.0 Å². The van der Waals surface area contributed by atoms with Gasteiger partial charge in [-0.2, -0.15) is 4.31 Å². The standard InChI is InChI=1S/C25H28F2N2O5S/c1-25(2,9-3-14-33-19-4-6-21(26)22(27)17-19)24(30)28-10-12-29(13-11-28)35(31,32)20-5-7-23-18(16-20)8-15-34-23/h4-8,15-17H,3,9-14H2,1-2H3. The average Bonchev–Trinajstić information content (AvgIpc) is 3.32. The second-order valence-corrected chi connectivity index (χ2v) is 11.2. The van der Waals surface area contributed by atoms with Gasteiger partial charge in [0.1, 0.15) is 11.3 Å². The van der Waals surface area contributed by atoms with Crippen LogP contribution in [-0.4, -0.2) is 56.3 Å². The minimum atomic E-state index is -3.68. The predicted octanol–water partition coefficient (Wildman–Crippen LogP) is 4.43. The zero-order valence-electron chi connectivity index (χ0n) is 19.7. The van der Waals surface area contributed by atoms with Crippen molar-refractivity contribution in [3.05, 3.63) is 60.4 Å². The minimum Gasteiger partial charge on any atom is -0.493 e. The second kappa shape index (κ2) is 9.94. The number of carbonyl (C=O) groups is 1. The molecule has 1 aromatic heterocycles. The van der Waals surface area contributed by atoms with Crippen molar-refractivity contribution >= 4 is 26.9 Å². The number of piperazine rings is 1. The molecule has 0 radical (unpaired) electrons. The molecule has 1 amide bonds. The number of hydrogen-bond donors (Lipinski definition) is 0. The molecular formula is C25H28F2N2O5S. The van der Waals surface area contributed by atoms with Crippen LogP contribution < -0.4 is 4.74 Å². The number of halogens is 2. The van der Waals surface area contributed by atoms with Crippen molar-refractivity contribution in [1.29, 1.82) is 0 Å². The Morgan fingerprint density at radius 3 is 2.49 bits per heavy atom. The van der Waals surface area contributed by atoms with Crippen LogP contribution in [0.3, 0.4) is 0 Å². The molecular weight excluding hydrogens is 478 g/mol. The van der Waals surface area contributed by atoms with E-state index in [0.717, 1.165) is 17.5 Å². The molecule has 2 aromatic carbocycles. The van der Waals surface area contributed by atoms with Crippen molar-refractivity contribution in [2.45, 2.75) is 31.6 Å². The molecule has 4 rings (SSSR count). The van der Waals surface area contributed by atoms with Gasteiger partial charge in [-0.1, -0.05) is 13.8 Å². The van der Waals surface area contributed by atoms with Gasteiger partial charge in [0, 0.05) is 43.0 Å². The number of benzene rings is 2. The van der Waals surface area contributed by atoms with Gasteiger partial charge < -0.3 is 14.1 Å². The monoisotopic (exact) mass is 506 g/mol. The summed E-state index contributed by atoms with van der Waals surface area (Å²) in [5.41, 5.74) is -0.0538. The van der Waals surface area contributed by atoms with E-state index >= 15 is 0 Å². The Hall–Kier alpha value is -2.98. The number of ether oxygens (including phenoxy) is 1. The van der Waals surface area contributed by atoms with Crippen molar-refractivity contribution in [2.24, 2.45) is 5.41 Å². The number of carbonyl (C=O) groups excluding carboxylic acids is 1. The Labute approximate surface area is 203 Å². The minimum absolute atomic E-state index is 0.0535. The van der Waals surface area contributed by atoms with Gasteiger partial charge in [-0.3, -0.25) is 4.79 Å². The topological polar surface area (TPSA) is 80.1 Å². The fourth-order valence-corrected chi connectivity index (χ4v) is 5.65. The molecule has 1 saturated heterocycles. The molecule has 0 bridgehead atoms. The van der Waals surface area contributed by atoms with Crippen molar-refractivity contribution in [3.63, 3.8) is 0 Å². The maximum absolute atomic E-state index is 13.3. The Morgan fingerprint density at radius 2 is 1.77 bits per heavy atom. The first-order valence-electron chi connectivity index (χ1n) is 11.4. The summed E-state index contributed by atoms with van der Waals surface area (Å²) in [5.74, 6) is -1.73. The van der Waals surface area contributed by atoms with E-state index in [2.05, 4.69) is 0 Å². The number of fused-ring (bicyclic) bond motifs is 1. The third-order valence-corrected chi connectivity index (χ3v) is 8.17. The van der Waals surface area contributed by atoms with Gasteiger partial charge in [0.2, 0.25) is 15.9 Å². The van der Waals surface area contributed by atoms with E-state index in [1.54, 1.807) is 23.1 Å². The highest BCUT2D eigenvalue weighted by Gasteiger charge is 2.36. The number of sulfonamides is 1. The van der Waals surface area contributed by atoms with E-state index in [0.29, 0.717) is 31.5 Å². The first-order chi connectivity index (χ1) is 16.6. The zero-order chi connectivity index (χ0) is 25.2. The maximum Gasteiger partial charge on any atom is 0.243 e. The SMILES string of the molecule is CC(C)(CCCOc1ccc(F)c(F)c1)C(=O)N1CCN(S(=O)(=O)c2ccc3occc3c2)CC1. The lowest BCUT2D eigenvalue weighted by Crippen LogP contribution is -2.53. The van der Waals surface area contributed by atoms with E-state index in [1.165, 1.54) is 22.7 Å². The molecule has 1 fully saturated rings. The summed E-state index contributed by atoms with van der Waals surface area (Å²) in [4.78, 5) is 15.0. The molecule has 2 heterocycles. The van der Waals surface area contributed by atoms with Crippen LogP contribution in [0.5, 0.6) is 5.75 Å². The third kappa shape index (κ3) is 5.48. The number of amides is 1. The Kier molecular flexibility index (Phi) is 7.14. The predicted molar refractivity (Wildman–Crippen MR) is 126 cm³/mol. The fraction of sp³-hybridized carbons (Fsp3) is 0.400. The summed E-state index contributed by atoms with van der Waals surface area (Å²) in [6, 6.07) is 9.84. The largest absolute Gasteiger partial charge is 0.493 e. The molecule has 1 aliphatic rings. The van der Waals surface area contributed by atoms with Gasteiger partial charge in [-0.25, -0.2) is 17.2 Å². The Morgan fingerprint density at radius 1 is 1.03 bits per heavy atom. The molecule has 35 heavy (non-hydrogen) atoms. The number of furan rings is 1. The van der Waals surface area contributed by atoms with Gasteiger partial charge in [0.05, 0.1) is 17.8 Å². The molecule has 0 aliphatic carbocycles. The van der Waals surface area contributed by atoms with Crippen LogP contribution in [0.1, 0.15) is 26.7 Å². The van der Waals surface area contributed by atoms with E-state index in [9.17, 15) is 22.0 Å². The number of hydrogen-bond acceptors (Lipinski definition) is 5. The van der Waals surface area contributed by atoms with Gasteiger partial charge in [0.25, 0.3) is 0 Å². The van der Waals surface area contributed by atoms with Crippen molar-refractivity contribution in [2.75, 3.05) is 32.8 Å². The quantitative estimate of drug-likeness (QED) is 0.423. The molecule has 0 N–H and O–H groups in total. The molecule has 7 nitrogen and oxygen atoms in total. The highest BCUT2D eigenvalue weighted by Crippen LogP contribution is 2.28. The molecule has 0 saturated carbocycles. The fourth-order valence-electron chi connectivity index (χ4n) is 4.19. The van der Waals surface area contributed by atoms with Crippen LogP contribution in [0.4, 0.5) is 8.78 Å². The first-order valence-corrected chi connectivity index (χ1v) is 12.9. The summed E-state index contributed by atoms with van der Waals surface area (Å²) in [6.45, 7) is 4.99. The van der Waals surface area contributed by atoms with Crippen molar-refractivity contribution in [1.82, 2.24) is 9.21 Å². The lowest BCUT2D eigenvalue weighted by Gasteiger charge is -2.38. The van der Waals surface area contributed by atoms with Crippen LogP contribution >= 0.6 is 0 Å². The number of nitrogens with zero attached hydrogens (tertiary/aromatic N) is 2. The second-order valence-electron chi connectivity index (χ2n) is 9.23. The van der Waals surface area contributed by atoms with E-state index in [4.69, 9.17) is 9.15 Å². The summed E-state index contributed by atoms with van der Waals surface area (Å²) >= 11 is 0. The highest BCUT2D eigenvalue weighted by molar-refractivity contribution is 7.89. The van der Waals surface area contributed by atoms with Gasteiger partial charge >= 0.3 is 0 Å².